The van der Waals surface area contributed by atoms with E-state index in [1.807, 2.05) is 24.3 Å². The number of carbonyl (C=O) groups excluding carboxylic acids is 2. The van der Waals surface area contributed by atoms with E-state index >= 15 is 0 Å². The number of anilines is 1. The van der Waals surface area contributed by atoms with E-state index in [1.165, 1.54) is 22.2 Å². The lowest BCUT2D eigenvalue weighted by molar-refractivity contribution is -0.117. The van der Waals surface area contributed by atoms with Gasteiger partial charge in [-0.25, -0.2) is 0 Å². The fraction of sp³-hybridized carbons (Fsp3) is 0.190. The monoisotopic (exact) mass is 377 g/mol. The molecule has 1 aliphatic rings. The molecule has 0 radical (unpaired) electrons. The lowest BCUT2D eigenvalue weighted by atomic mass is 10.1. The summed E-state index contributed by atoms with van der Waals surface area (Å²) in [6, 6.07) is 19.0. The molecule has 2 N–H and O–H groups in total. The zero-order chi connectivity index (χ0) is 19.4. The van der Waals surface area contributed by atoms with Crippen LogP contribution in [0.5, 0.6) is 0 Å². The number of nitriles is 1. The number of hydrogen-bond acceptors (Lipinski definition) is 4. The maximum absolute atomic E-state index is 13.1. The Bertz CT molecular complexity index is 930. The molecule has 3 rings (SSSR count). The molecule has 6 heteroatoms. The first kappa shape index (κ1) is 18.7. The average Bonchev–Trinajstić information content (AvgIpc) is 2.99. The van der Waals surface area contributed by atoms with Crippen molar-refractivity contribution in [3.8, 4) is 6.07 Å². The summed E-state index contributed by atoms with van der Waals surface area (Å²) in [6.07, 6.45) is 1.47. The van der Waals surface area contributed by atoms with Crippen molar-refractivity contribution in [2.75, 3.05) is 4.90 Å². The highest BCUT2D eigenvalue weighted by molar-refractivity contribution is 8.05. The number of rotatable bonds is 5. The minimum Gasteiger partial charge on any atom is -0.365 e. The van der Waals surface area contributed by atoms with Crippen molar-refractivity contribution in [3.05, 3.63) is 76.3 Å². The average molecular weight is 377 g/mol. The maximum Gasteiger partial charge on any atom is 0.262 e. The molecule has 1 fully saturated rings. The molecule has 27 heavy (non-hydrogen) atoms. The van der Waals surface area contributed by atoms with Gasteiger partial charge in [0.25, 0.3) is 5.91 Å². The van der Waals surface area contributed by atoms with E-state index in [9.17, 15) is 14.9 Å². The lowest BCUT2D eigenvalue weighted by Crippen LogP contribution is -2.31. The Balaban J connectivity index is 1.97. The zero-order valence-corrected chi connectivity index (χ0v) is 15.7. The first-order valence-corrected chi connectivity index (χ1v) is 9.50. The molecule has 0 spiro atoms. The Morgan fingerprint density at radius 3 is 2.33 bits per heavy atom. The van der Waals surface area contributed by atoms with Gasteiger partial charge in [-0.15, -0.1) is 0 Å². The standard InChI is InChI=1S/C21H19N3O2S/c1-2-14-8-10-15(11-9-14)12-18-20(26)24(16-6-4-3-5-7-16)21(27-18)17(13-22)19(23)25/h3-11,18H,2,12H2,1H3,(H2,23,25)/b21-17+/t18-/m1/s1. The van der Waals surface area contributed by atoms with E-state index in [2.05, 4.69) is 19.1 Å². The minimum atomic E-state index is -0.832. The summed E-state index contributed by atoms with van der Waals surface area (Å²) in [5.74, 6) is -0.989. The number of para-hydroxylation sites is 1. The third-order valence-corrected chi connectivity index (χ3v) is 5.65. The van der Waals surface area contributed by atoms with Crippen molar-refractivity contribution in [3.63, 3.8) is 0 Å². The second kappa shape index (κ2) is 8.11. The molecule has 136 valence electrons. The zero-order valence-electron chi connectivity index (χ0n) is 14.9. The van der Waals surface area contributed by atoms with Gasteiger partial charge >= 0.3 is 0 Å². The van der Waals surface area contributed by atoms with E-state index in [1.54, 1.807) is 24.3 Å². The third kappa shape index (κ3) is 3.88. The van der Waals surface area contributed by atoms with Gasteiger partial charge in [-0.2, -0.15) is 5.26 Å². The van der Waals surface area contributed by atoms with Crippen LogP contribution >= 0.6 is 11.8 Å². The second-order valence-corrected chi connectivity index (χ2v) is 7.34. The number of thioether (sulfide) groups is 1. The summed E-state index contributed by atoms with van der Waals surface area (Å²) < 4.78 is 0. The van der Waals surface area contributed by atoms with Crippen LogP contribution in [0.25, 0.3) is 0 Å². The fourth-order valence-corrected chi connectivity index (χ4v) is 4.25. The lowest BCUT2D eigenvalue weighted by Gasteiger charge is -2.18. The largest absolute Gasteiger partial charge is 0.365 e. The van der Waals surface area contributed by atoms with E-state index in [-0.39, 0.29) is 11.5 Å². The van der Waals surface area contributed by atoms with Crippen molar-refractivity contribution < 1.29 is 9.59 Å². The predicted octanol–water partition coefficient (Wildman–Crippen LogP) is 3.16. The number of benzene rings is 2. The molecule has 0 aliphatic carbocycles. The quantitative estimate of drug-likeness (QED) is 0.640. The molecular weight excluding hydrogens is 358 g/mol. The van der Waals surface area contributed by atoms with Gasteiger partial charge in [0, 0.05) is 5.69 Å². The van der Waals surface area contributed by atoms with Crippen LogP contribution in [0.15, 0.2) is 65.2 Å². The molecule has 2 aromatic rings. The Kier molecular flexibility index (Phi) is 5.63. The smallest absolute Gasteiger partial charge is 0.262 e. The highest BCUT2D eigenvalue weighted by Crippen LogP contribution is 2.41. The summed E-state index contributed by atoms with van der Waals surface area (Å²) in [7, 11) is 0. The van der Waals surface area contributed by atoms with Crippen LogP contribution in [-0.4, -0.2) is 17.1 Å². The normalized spacial score (nSPS) is 18.3. The van der Waals surface area contributed by atoms with Crippen LogP contribution in [0.3, 0.4) is 0 Å². The Morgan fingerprint density at radius 1 is 1.15 bits per heavy atom. The minimum absolute atomic E-state index is 0.158. The SMILES string of the molecule is CCc1ccc(C[C@H]2S/C(=C(\C#N)C(N)=O)N(c3ccccc3)C2=O)cc1. The first-order valence-electron chi connectivity index (χ1n) is 8.62. The van der Waals surface area contributed by atoms with E-state index in [4.69, 9.17) is 5.73 Å². The van der Waals surface area contributed by atoms with Crippen molar-refractivity contribution in [1.29, 1.82) is 5.26 Å². The molecule has 1 saturated heterocycles. The second-order valence-electron chi connectivity index (χ2n) is 6.15. The molecule has 0 unspecified atom stereocenters. The number of hydrogen-bond donors (Lipinski definition) is 1. The molecule has 5 nitrogen and oxygen atoms in total. The van der Waals surface area contributed by atoms with Crippen LogP contribution in [0.1, 0.15) is 18.1 Å². The summed E-state index contributed by atoms with van der Waals surface area (Å²) in [4.78, 5) is 26.3. The van der Waals surface area contributed by atoms with Gasteiger partial charge in [-0.05, 0) is 36.1 Å². The molecule has 2 aromatic carbocycles. The van der Waals surface area contributed by atoms with Gasteiger partial charge < -0.3 is 5.73 Å². The predicted molar refractivity (Wildman–Crippen MR) is 107 cm³/mol. The van der Waals surface area contributed by atoms with Crippen LogP contribution in [0.2, 0.25) is 0 Å². The van der Waals surface area contributed by atoms with Gasteiger partial charge in [0.2, 0.25) is 5.91 Å². The van der Waals surface area contributed by atoms with Crippen LogP contribution in [0.4, 0.5) is 5.69 Å². The van der Waals surface area contributed by atoms with E-state index < -0.39 is 11.2 Å². The maximum atomic E-state index is 13.1. The molecule has 1 heterocycles. The first-order chi connectivity index (χ1) is 13.0. The summed E-state index contributed by atoms with van der Waals surface area (Å²) in [6.45, 7) is 2.09. The highest BCUT2D eigenvalue weighted by atomic mass is 32.2. The molecule has 0 aromatic heterocycles. The number of nitrogens with two attached hydrogens (primary N) is 1. The Hall–Kier alpha value is -3.04. The molecular formula is C21H19N3O2S. The Labute approximate surface area is 162 Å². The summed E-state index contributed by atoms with van der Waals surface area (Å²) in [5.41, 5.74) is 8.06. The molecule has 2 amide bonds. The van der Waals surface area contributed by atoms with Gasteiger partial charge in [0.05, 0.1) is 5.25 Å². The van der Waals surface area contributed by atoms with Crippen LogP contribution < -0.4 is 10.6 Å². The van der Waals surface area contributed by atoms with Gasteiger partial charge in [0.15, 0.2) is 0 Å². The van der Waals surface area contributed by atoms with Crippen molar-refractivity contribution in [2.24, 2.45) is 5.73 Å². The fourth-order valence-electron chi connectivity index (χ4n) is 2.94. The van der Waals surface area contributed by atoms with Gasteiger partial charge in [-0.3, -0.25) is 14.5 Å². The van der Waals surface area contributed by atoms with E-state index in [0.29, 0.717) is 17.1 Å². The summed E-state index contributed by atoms with van der Waals surface area (Å²) in [5, 5.41) is 9.26. The third-order valence-electron chi connectivity index (χ3n) is 4.39. The number of primary amides is 1. The highest BCUT2D eigenvalue weighted by Gasteiger charge is 2.40. The summed E-state index contributed by atoms with van der Waals surface area (Å²) >= 11 is 1.22. The van der Waals surface area contributed by atoms with Crippen LogP contribution in [-0.2, 0) is 22.4 Å². The number of carbonyl (C=O) groups is 2. The number of amides is 2. The van der Waals surface area contributed by atoms with Crippen molar-refractivity contribution in [2.45, 2.75) is 25.0 Å². The van der Waals surface area contributed by atoms with Crippen LogP contribution in [0, 0.1) is 11.3 Å². The van der Waals surface area contributed by atoms with Crippen molar-refractivity contribution >= 4 is 29.3 Å². The number of aryl methyl sites for hydroxylation is 1. The van der Waals surface area contributed by atoms with Gasteiger partial charge in [0.1, 0.15) is 16.7 Å². The molecule has 0 bridgehead atoms. The van der Waals surface area contributed by atoms with E-state index in [0.717, 1.165) is 12.0 Å². The topological polar surface area (TPSA) is 87.2 Å². The Morgan fingerprint density at radius 2 is 1.78 bits per heavy atom. The van der Waals surface area contributed by atoms with Crippen molar-refractivity contribution in [1.82, 2.24) is 0 Å². The van der Waals surface area contributed by atoms with Gasteiger partial charge in [-0.1, -0.05) is 61.2 Å². The molecule has 1 atom stereocenters. The molecule has 1 aliphatic heterocycles. The number of nitrogens with zero attached hydrogens (tertiary/aromatic N) is 2. The molecule has 0 saturated carbocycles.